The third-order valence-corrected chi connectivity index (χ3v) is 6.01. The van der Waals surface area contributed by atoms with Crippen molar-refractivity contribution in [3.63, 3.8) is 0 Å². The minimum Gasteiger partial charge on any atom is -0.481 e. The van der Waals surface area contributed by atoms with Crippen molar-refractivity contribution in [3.05, 3.63) is 0 Å². The molecule has 9 atom stereocenters. The van der Waals surface area contributed by atoms with E-state index in [1.807, 2.05) is 0 Å². The summed E-state index contributed by atoms with van der Waals surface area (Å²) in [6, 6.07) is -3.46. The third kappa shape index (κ3) is 6.33. The van der Waals surface area contributed by atoms with Crippen LogP contribution in [-0.2, 0) is 33.4 Å². The second-order valence-corrected chi connectivity index (χ2v) is 8.57. The zero-order chi connectivity index (χ0) is 28.1. The standard InChI is InChI=1S/C20H34N4O12/c1-7(26)12(21)17(31)24(9(3)27)20(19(23)34,5-4-11(28)29)16-13(22)15(35-8(2)18(32)33)14(30)10(6-25)36-16/h7-8,10,12-16,25-26,30H,4-6,21-22H2,1-3H3,(H2,23,34)(H,28,29)(H,32,33)/t7-,8-,10-,12+,13-,14-,15-,16?,20+/m1/s1. The SMILES string of the molecule is CC(=O)N(C(=O)[C@@H](N)[C@@H](C)O)[C@](CCC(=O)O)(C(N)=O)C1O[C@H](CO)[C@@H](O)[C@H](O[C@H](C)C(=O)O)[C@H]1N. The topological polar surface area (TPSA) is 286 Å². The first kappa shape index (κ1) is 31.3. The summed E-state index contributed by atoms with van der Waals surface area (Å²) in [5.74, 6) is -6.83. The number of aliphatic hydroxyl groups excluding tert-OH is 3. The van der Waals surface area contributed by atoms with Crippen LogP contribution in [-0.4, -0.2) is 121 Å². The predicted molar refractivity (Wildman–Crippen MR) is 118 cm³/mol. The number of carbonyl (C=O) groups excluding carboxylic acids is 3. The Bertz CT molecular complexity index is 855. The summed E-state index contributed by atoms with van der Waals surface area (Å²) in [4.78, 5) is 62.0. The Labute approximate surface area is 205 Å². The van der Waals surface area contributed by atoms with Crippen molar-refractivity contribution in [1.82, 2.24) is 4.90 Å². The van der Waals surface area contributed by atoms with Gasteiger partial charge >= 0.3 is 11.9 Å². The molecule has 1 heterocycles. The monoisotopic (exact) mass is 522 g/mol. The normalized spacial score (nSPS) is 28.3. The molecule has 11 N–H and O–H groups in total. The van der Waals surface area contributed by atoms with Gasteiger partial charge in [0.25, 0.3) is 0 Å². The number of carboxylic acid groups (broad SMARTS) is 2. The van der Waals surface area contributed by atoms with Crippen molar-refractivity contribution < 1.29 is 59.0 Å². The van der Waals surface area contributed by atoms with E-state index in [1.54, 1.807) is 0 Å². The molecule has 0 aromatic heterocycles. The maximum Gasteiger partial charge on any atom is 0.332 e. The van der Waals surface area contributed by atoms with Crippen molar-refractivity contribution in [2.24, 2.45) is 17.2 Å². The molecule has 0 radical (unpaired) electrons. The quantitative estimate of drug-likeness (QED) is 0.120. The molecule has 1 unspecified atom stereocenters. The number of rotatable bonds is 12. The van der Waals surface area contributed by atoms with Gasteiger partial charge in [-0.25, -0.2) is 4.79 Å². The molecule has 0 aromatic rings. The van der Waals surface area contributed by atoms with Crippen molar-refractivity contribution in [2.75, 3.05) is 6.61 Å². The first-order chi connectivity index (χ1) is 16.5. The average molecular weight is 523 g/mol. The minimum absolute atomic E-state index is 0.254. The van der Waals surface area contributed by atoms with E-state index in [4.69, 9.17) is 26.7 Å². The molecule has 1 saturated heterocycles. The molecule has 0 aromatic carbocycles. The second-order valence-electron chi connectivity index (χ2n) is 8.57. The zero-order valence-corrected chi connectivity index (χ0v) is 20.0. The van der Waals surface area contributed by atoms with Crippen LogP contribution in [0.5, 0.6) is 0 Å². The number of carboxylic acids is 2. The molecule has 3 amide bonds. The van der Waals surface area contributed by atoms with Crippen LogP contribution in [0.2, 0.25) is 0 Å². The van der Waals surface area contributed by atoms with Crippen molar-refractivity contribution in [2.45, 2.75) is 87.9 Å². The predicted octanol–water partition coefficient (Wildman–Crippen LogP) is -4.54. The molecule has 1 fully saturated rings. The maximum atomic E-state index is 13.2. The van der Waals surface area contributed by atoms with E-state index in [0.717, 1.165) is 20.8 Å². The van der Waals surface area contributed by atoms with Gasteiger partial charge < -0.3 is 52.2 Å². The molecule has 0 spiro atoms. The van der Waals surface area contributed by atoms with E-state index in [-0.39, 0.29) is 4.90 Å². The first-order valence-corrected chi connectivity index (χ1v) is 10.9. The fourth-order valence-electron chi connectivity index (χ4n) is 4.06. The molecule has 206 valence electrons. The molecule has 0 bridgehead atoms. The highest BCUT2D eigenvalue weighted by molar-refractivity contribution is 6.04. The molecule has 0 aliphatic carbocycles. The van der Waals surface area contributed by atoms with Gasteiger partial charge in [-0.2, -0.15) is 0 Å². The molecule has 1 aliphatic heterocycles. The number of hydrogen-bond donors (Lipinski definition) is 8. The molecule has 0 saturated carbocycles. The molecule has 36 heavy (non-hydrogen) atoms. The van der Waals surface area contributed by atoms with Crippen LogP contribution >= 0.6 is 0 Å². The van der Waals surface area contributed by atoms with E-state index in [9.17, 15) is 49.5 Å². The summed E-state index contributed by atoms with van der Waals surface area (Å²) in [5.41, 5.74) is 14.9. The summed E-state index contributed by atoms with van der Waals surface area (Å²) in [6.45, 7) is 2.17. The highest BCUT2D eigenvalue weighted by atomic mass is 16.6. The number of aliphatic hydroxyl groups is 3. The van der Waals surface area contributed by atoms with E-state index < -0.39 is 103 Å². The van der Waals surface area contributed by atoms with Crippen molar-refractivity contribution in [3.8, 4) is 0 Å². The van der Waals surface area contributed by atoms with Crippen LogP contribution in [0.3, 0.4) is 0 Å². The van der Waals surface area contributed by atoms with Gasteiger partial charge in [0.15, 0.2) is 11.6 Å². The van der Waals surface area contributed by atoms with Gasteiger partial charge in [0.05, 0.1) is 18.8 Å². The first-order valence-electron chi connectivity index (χ1n) is 10.9. The number of imide groups is 1. The summed E-state index contributed by atoms with van der Waals surface area (Å²) in [6.07, 6.45) is -11.6. The lowest BCUT2D eigenvalue weighted by Crippen LogP contribution is -2.77. The number of carbonyl (C=O) groups is 5. The second kappa shape index (κ2) is 12.5. The summed E-state index contributed by atoms with van der Waals surface area (Å²) >= 11 is 0. The Balaban J connectivity index is 3.85. The average Bonchev–Trinajstić information content (AvgIpc) is 2.77. The van der Waals surface area contributed by atoms with Gasteiger partial charge in [-0.1, -0.05) is 0 Å². The molecule has 1 rings (SSSR count). The molecule has 16 heteroatoms. The van der Waals surface area contributed by atoms with Gasteiger partial charge in [-0.3, -0.25) is 24.1 Å². The van der Waals surface area contributed by atoms with Gasteiger partial charge in [-0.15, -0.1) is 0 Å². The lowest BCUT2D eigenvalue weighted by Gasteiger charge is -2.52. The van der Waals surface area contributed by atoms with Crippen LogP contribution in [0.1, 0.15) is 33.6 Å². The number of nitrogens with two attached hydrogens (primary N) is 3. The molecular weight excluding hydrogens is 488 g/mol. The fourth-order valence-corrected chi connectivity index (χ4v) is 4.06. The summed E-state index contributed by atoms with van der Waals surface area (Å²) < 4.78 is 11.0. The minimum atomic E-state index is -2.67. The van der Waals surface area contributed by atoms with E-state index in [1.165, 1.54) is 0 Å². The highest BCUT2D eigenvalue weighted by Crippen LogP contribution is 2.37. The van der Waals surface area contributed by atoms with Crippen molar-refractivity contribution in [1.29, 1.82) is 0 Å². The number of nitrogens with zero attached hydrogens (tertiary/aromatic N) is 1. The maximum absolute atomic E-state index is 13.2. The fraction of sp³-hybridized carbons (Fsp3) is 0.750. The Kier molecular flexibility index (Phi) is 10.9. The number of ether oxygens (including phenoxy) is 2. The molecule has 16 nitrogen and oxygen atoms in total. The third-order valence-electron chi connectivity index (χ3n) is 6.01. The van der Waals surface area contributed by atoms with E-state index >= 15 is 0 Å². The van der Waals surface area contributed by atoms with Gasteiger partial charge in [0, 0.05) is 13.3 Å². The lowest BCUT2D eigenvalue weighted by atomic mass is 9.76. The smallest absolute Gasteiger partial charge is 0.332 e. The number of aliphatic carboxylic acids is 2. The van der Waals surface area contributed by atoms with Crippen LogP contribution < -0.4 is 17.2 Å². The number of hydrogen-bond acceptors (Lipinski definition) is 12. The largest absolute Gasteiger partial charge is 0.481 e. The van der Waals surface area contributed by atoms with Crippen molar-refractivity contribution >= 4 is 29.7 Å². The molecule has 1 aliphatic rings. The van der Waals surface area contributed by atoms with Gasteiger partial charge in [0.1, 0.15) is 30.5 Å². The number of primary amides is 1. The van der Waals surface area contributed by atoms with Crippen LogP contribution in [0.25, 0.3) is 0 Å². The van der Waals surface area contributed by atoms with Crippen LogP contribution in [0.15, 0.2) is 0 Å². The summed E-state index contributed by atoms with van der Waals surface area (Å²) in [5, 5.41) is 48.7. The van der Waals surface area contributed by atoms with Gasteiger partial charge in [-0.05, 0) is 20.3 Å². The molecular formula is C20H34N4O12. The van der Waals surface area contributed by atoms with E-state index in [0.29, 0.717) is 0 Å². The Morgan fingerprint density at radius 2 is 1.72 bits per heavy atom. The Morgan fingerprint density at radius 1 is 1.17 bits per heavy atom. The highest BCUT2D eigenvalue weighted by Gasteiger charge is 2.61. The number of amides is 3. The zero-order valence-electron chi connectivity index (χ0n) is 20.0. The van der Waals surface area contributed by atoms with E-state index in [2.05, 4.69) is 0 Å². The Morgan fingerprint density at radius 3 is 2.11 bits per heavy atom. The van der Waals surface area contributed by atoms with Crippen LogP contribution in [0.4, 0.5) is 0 Å². The van der Waals surface area contributed by atoms with Crippen LogP contribution in [0, 0.1) is 0 Å². The Hall–Kier alpha value is -2.73. The van der Waals surface area contributed by atoms with Gasteiger partial charge in [0.2, 0.25) is 17.7 Å². The summed E-state index contributed by atoms with van der Waals surface area (Å²) in [7, 11) is 0. The lowest BCUT2D eigenvalue weighted by molar-refractivity contribution is -0.237.